The highest BCUT2D eigenvalue weighted by Gasteiger charge is 2.30. The molecule has 0 spiro atoms. The number of thiophene rings is 1. The van der Waals surface area contributed by atoms with Crippen LogP contribution in [0.5, 0.6) is 0 Å². The fourth-order valence-electron chi connectivity index (χ4n) is 4.25. The summed E-state index contributed by atoms with van der Waals surface area (Å²) in [6, 6.07) is 0.157. The topological polar surface area (TPSA) is 87.2 Å². The second-order valence-corrected chi connectivity index (χ2v) is 10.1. The minimum absolute atomic E-state index is 0.0470. The molecule has 1 fully saturated rings. The first-order valence-electron chi connectivity index (χ1n) is 10.0. The second-order valence-electron chi connectivity index (χ2n) is 8.10. The smallest absolute Gasteiger partial charge is 0.263 e. The number of hydrogen-bond acceptors (Lipinski definition) is 6. The third-order valence-corrected chi connectivity index (χ3v) is 7.84. The Morgan fingerprint density at radius 3 is 2.79 bits per heavy atom. The fourth-order valence-corrected chi connectivity index (χ4v) is 6.22. The van der Waals surface area contributed by atoms with E-state index in [-0.39, 0.29) is 23.5 Å². The predicted molar refractivity (Wildman–Crippen MR) is 113 cm³/mol. The summed E-state index contributed by atoms with van der Waals surface area (Å²) < 4.78 is 7.86. The Morgan fingerprint density at radius 1 is 1.36 bits per heavy atom. The van der Waals surface area contributed by atoms with Gasteiger partial charge in [0.25, 0.3) is 5.56 Å². The van der Waals surface area contributed by atoms with Gasteiger partial charge in [-0.2, -0.15) is 0 Å². The molecule has 1 aliphatic heterocycles. The number of fused-ring (bicyclic) bond motifs is 3. The predicted octanol–water partition coefficient (Wildman–Crippen LogP) is 3.64. The number of rotatable bonds is 5. The van der Waals surface area contributed by atoms with Crippen LogP contribution >= 0.6 is 23.1 Å². The number of amides is 1. The van der Waals surface area contributed by atoms with Gasteiger partial charge in [0.05, 0.1) is 23.8 Å². The third-order valence-electron chi connectivity index (χ3n) is 5.77. The molecule has 0 aromatic carbocycles. The Hall–Kier alpha value is -1.38. The lowest BCUT2D eigenvalue weighted by molar-refractivity contribution is -0.115. The normalized spacial score (nSPS) is 20.6. The van der Waals surface area contributed by atoms with Crippen molar-refractivity contribution < 1.29 is 9.53 Å². The molecule has 1 atom stereocenters. The van der Waals surface area contributed by atoms with E-state index in [9.17, 15) is 9.59 Å². The fraction of sp³-hybridized carbons (Fsp3) is 0.650. The Kier molecular flexibility index (Phi) is 5.81. The molecule has 0 saturated heterocycles. The van der Waals surface area contributed by atoms with Crippen LogP contribution in [0.2, 0.25) is 0 Å². The number of carbonyl (C=O) groups is 1. The van der Waals surface area contributed by atoms with Crippen LogP contribution in [0.4, 0.5) is 0 Å². The van der Waals surface area contributed by atoms with Crippen LogP contribution in [-0.2, 0) is 22.6 Å². The maximum Gasteiger partial charge on any atom is 0.263 e. The third kappa shape index (κ3) is 3.74. The van der Waals surface area contributed by atoms with Crippen LogP contribution in [0.15, 0.2) is 9.95 Å². The molecule has 1 amide bonds. The van der Waals surface area contributed by atoms with Crippen molar-refractivity contribution in [3.63, 3.8) is 0 Å². The molecule has 2 aliphatic rings. The lowest BCUT2D eigenvalue weighted by Crippen LogP contribution is -2.31. The highest BCUT2D eigenvalue weighted by Crippen LogP contribution is 2.37. The van der Waals surface area contributed by atoms with E-state index < -0.39 is 5.91 Å². The zero-order chi connectivity index (χ0) is 19.8. The second kappa shape index (κ2) is 8.16. The number of nitrogens with zero attached hydrogens (tertiary/aromatic N) is 2. The monoisotopic (exact) mass is 421 g/mol. The van der Waals surface area contributed by atoms with Gasteiger partial charge < -0.3 is 10.5 Å². The molecule has 3 heterocycles. The van der Waals surface area contributed by atoms with Crippen molar-refractivity contribution in [1.82, 2.24) is 9.55 Å². The summed E-state index contributed by atoms with van der Waals surface area (Å²) >= 11 is 2.83. The van der Waals surface area contributed by atoms with Gasteiger partial charge in [0.2, 0.25) is 5.91 Å². The zero-order valence-electron chi connectivity index (χ0n) is 16.4. The van der Waals surface area contributed by atoms with E-state index in [1.165, 1.54) is 18.2 Å². The first kappa shape index (κ1) is 19.9. The molecule has 152 valence electrons. The molecule has 0 radical (unpaired) electrons. The summed E-state index contributed by atoms with van der Waals surface area (Å²) in [5.74, 6) is 0.143. The molecule has 28 heavy (non-hydrogen) atoms. The summed E-state index contributed by atoms with van der Waals surface area (Å²) in [5, 5.41) is 1.39. The molecule has 2 aromatic rings. The van der Waals surface area contributed by atoms with E-state index in [2.05, 4.69) is 13.8 Å². The number of hydrogen-bond donors (Lipinski definition) is 1. The maximum absolute atomic E-state index is 13.7. The Labute approximate surface area is 172 Å². The molecule has 1 aliphatic carbocycles. The Balaban J connectivity index is 1.84. The largest absolute Gasteiger partial charge is 0.372 e. The standard InChI is InChI=1S/C20H27N3O3S2/c1-11(2)14-8-13-15(9-26-14)28-18-17(13)19(25)23(12-6-4-3-5-7-12)20(22-18)27-10-16(21)24/h11-12,14H,3-10H2,1-2H3,(H2,21,24)/t14-/m1/s1. The zero-order valence-corrected chi connectivity index (χ0v) is 18.0. The van der Waals surface area contributed by atoms with Crippen molar-refractivity contribution in [3.05, 3.63) is 20.8 Å². The van der Waals surface area contributed by atoms with E-state index in [0.717, 1.165) is 52.8 Å². The van der Waals surface area contributed by atoms with Gasteiger partial charge in [-0.25, -0.2) is 4.98 Å². The maximum atomic E-state index is 13.7. The minimum atomic E-state index is -0.395. The van der Waals surface area contributed by atoms with Crippen LogP contribution < -0.4 is 11.3 Å². The lowest BCUT2D eigenvalue weighted by atomic mass is 9.94. The van der Waals surface area contributed by atoms with E-state index in [1.807, 2.05) is 4.57 Å². The van der Waals surface area contributed by atoms with Gasteiger partial charge >= 0.3 is 0 Å². The van der Waals surface area contributed by atoms with Gasteiger partial charge in [-0.1, -0.05) is 44.9 Å². The summed E-state index contributed by atoms with van der Waals surface area (Å²) in [4.78, 5) is 31.7. The van der Waals surface area contributed by atoms with Crippen molar-refractivity contribution in [1.29, 1.82) is 0 Å². The minimum Gasteiger partial charge on any atom is -0.372 e. The van der Waals surface area contributed by atoms with Crippen molar-refractivity contribution in [2.24, 2.45) is 11.7 Å². The van der Waals surface area contributed by atoms with Crippen LogP contribution in [0.3, 0.4) is 0 Å². The lowest BCUT2D eigenvalue weighted by Gasteiger charge is -2.27. The van der Waals surface area contributed by atoms with Crippen LogP contribution in [0.25, 0.3) is 10.2 Å². The molecular weight excluding hydrogens is 394 g/mol. The van der Waals surface area contributed by atoms with Gasteiger partial charge in [0, 0.05) is 17.3 Å². The summed E-state index contributed by atoms with van der Waals surface area (Å²) in [6.07, 6.45) is 6.34. The Bertz CT molecular complexity index is 944. The number of aromatic nitrogens is 2. The molecular formula is C20H27N3O3S2. The first-order chi connectivity index (χ1) is 13.5. The number of primary amides is 1. The van der Waals surface area contributed by atoms with Crippen molar-refractivity contribution in [3.8, 4) is 0 Å². The molecule has 0 unspecified atom stereocenters. The molecule has 6 nitrogen and oxygen atoms in total. The van der Waals surface area contributed by atoms with Crippen LogP contribution in [0, 0.1) is 5.92 Å². The quantitative estimate of drug-likeness (QED) is 0.588. The number of thioether (sulfide) groups is 1. The molecule has 1 saturated carbocycles. The van der Waals surface area contributed by atoms with Gasteiger partial charge in [0.1, 0.15) is 4.83 Å². The van der Waals surface area contributed by atoms with Gasteiger partial charge in [-0.05, 0) is 24.3 Å². The number of nitrogens with two attached hydrogens (primary N) is 1. The van der Waals surface area contributed by atoms with Crippen molar-refractivity contribution in [2.75, 3.05) is 5.75 Å². The van der Waals surface area contributed by atoms with Crippen LogP contribution in [0.1, 0.15) is 62.4 Å². The highest BCUT2D eigenvalue weighted by molar-refractivity contribution is 7.99. The van der Waals surface area contributed by atoms with Gasteiger partial charge in [-0.15, -0.1) is 11.3 Å². The van der Waals surface area contributed by atoms with Gasteiger partial charge in [0.15, 0.2) is 5.16 Å². The molecule has 2 aromatic heterocycles. The SMILES string of the molecule is CC(C)[C@H]1Cc2c(sc3nc(SCC(N)=O)n(C4CCCCC4)c(=O)c23)CO1. The summed E-state index contributed by atoms with van der Waals surface area (Å²) in [7, 11) is 0. The van der Waals surface area contributed by atoms with E-state index in [4.69, 9.17) is 15.5 Å². The summed E-state index contributed by atoms with van der Waals surface area (Å²) in [6.45, 7) is 4.86. The van der Waals surface area contributed by atoms with E-state index in [0.29, 0.717) is 17.7 Å². The van der Waals surface area contributed by atoms with E-state index >= 15 is 0 Å². The molecule has 2 N–H and O–H groups in total. The first-order valence-corrected chi connectivity index (χ1v) is 11.9. The number of carbonyl (C=O) groups excluding carboxylic acids is 1. The summed E-state index contributed by atoms with van der Waals surface area (Å²) in [5.41, 5.74) is 6.52. The average Bonchev–Trinajstić information content (AvgIpc) is 3.04. The van der Waals surface area contributed by atoms with Crippen molar-refractivity contribution in [2.45, 2.75) is 76.3 Å². The van der Waals surface area contributed by atoms with Crippen LogP contribution in [-0.4, -0.2) is 27.3 Å². The van der Waals surface area contributed by atoms with Crippen molar-refractivity contribution >= 4 is 39.2 Å². The average molecular weight is 422 g/mol. The number of ether oxygens (including phenoxy) is 1. The molecule has 4 rings (SSSR count). The van der Waals surface area contributed by atoms with E-state index in [1.54, 1.807) is 11.3 Å². The molecule has 8 heteroatoms. The molecule has 0 bridgehead atoms. The van der Waals surface area contributed by atoms with Gasteiger partial charge in [-0.3, -0.25) is 14.2 Å². The Morgan fingerprint density at radius 2 is 2.11 bits per heavy atom. The highest BCUT2D eigenvalue weighted by atomic mass is 32.2.